The van der Waals surface area contributed by atoms with Crippen molar-refractivity contribution in [3.05, 3.63) is 66.2 Å². The zero-order chi connectivity index (χ0) is 21.8. The van der Waals surface area contributed by atoms with Crippen molar-refractivity contribution in [2.45, 2.75) is 30.8 Å². The summed E-state index contributed by atoms with van der Waals surface area (Å²) < 4.78 is 28.4. The summed E-state index contributed by atoms with van der Waals surface area (Å²) in [7, 11) is -2.18. The van der Waals surface area contributed by atoms with Crippen molar-refractivity contribution in [3.8, 4) is 11.1 Å². The van der Waals surface area contributed by atoms with Crippen molar-refractivity contribution in [3.63, 3.8) is 0 Å². The fraction of sp³-hybridized carbons (Fsp3) is 0.227. The van der Waals surface area contributed by atoms with E-state index >= 15 is 0 Å². The third-order valence-corrected chi connectivity index (χ3v) is 6.92. The number of hydrogen-bond donors (Lipinski definition) is 1. The second kappa shape index (κ2) is 7.05. The second-order valence-electron chi connectivity index (χ2n) is 7.92. The Labute approximate surface area is 179 Å². The molecule has 1 saturated carbocycles. The number of nitrogens with one attached hydrogen (secondary N) is 1. The lowest BCUT2D eigenvalue weighted by molar-refractivity contribution is 0.0951. The highest BCUT2D eigenvalue weighted by atomic mass is 32.2. The van der Waals surface area contributed by atoms with Gasteiger partial charge in [-0.1, -0.05) is 12.1 Å². The van der Waals surface area contributed by atoms with Crippen molar-refractivity contribution < 1.29 is 13.2 Å². The zero-order valence-corrected chi connectivity index (χ0v) is 17.9. The maximum atomic E-state index is 12.9. The number of carbonyl (C=O) groups excluding carboxylic acids is 1. The van der Waals surface area contributed by atoms with Gasteiger partial charge in [-0.2, -0.15) is 17.6 Å². The molecule has 9 heteroatoms. The molecule has 0 unspecified atom stereocenters. The van der Waals surface area contributed by atoms with Crippen LogP contribution >= 0.6 is 0 Å². The SMILES string of the molecule is Cc1ccc(C(=O)NC2CC2)cc1-c1ccc2c(cnn2S(=O)(=O)c2cn(C)cn2)c1. The molecule has 31 heavy (non-hydrogen) atoms. The minimum absolute atomic E-state index is 0.0608. The second-order valence-corrected chi connectivity index (χ2v) is 9.64. The lowest BCUT2D eigenvalue weighted by Crippen LogP contribution is -2.25. The maximum Gasteiger partial charge on any atom is 0.302 e. The van der Waals surface area contributed by atoms with Crippen LogP contribution in [0.3, 0.4) is 0 Å². The smallest absolute Gasteiger partial charge is 0.302 e. The summed E-state index contributed by atoms with van der Waals surface area (Å²) in [5, 5.41) is 7.74. The first-order chi connectivity index (χ1) is 14.8. The Morgan fingerprint density at radius 3 is 2.68 bits per heavy atom. The fourth-order valence-corrected chi connectivity index (χ4v) is 4.80. The molecule has 1 N–H and O–H groups in total. The first-order valence-electron chi connectivity index (χ1n) is 9.96. The van der Waals surface area contributed by atoms with E-state index < -0.39 is 10.0 Å². The molecule has 1 aliphatic carbocycles. The molecule has 158 valence electrons. The lowest BCUT2D eigenvalue weighted by atomic mass is 9.97. The summed E-state index contributed by atoms with van der Waals surface area (Å²) >= 11 is 0. The fourth-order valence-electron chi connectivity index (χ4n) is 3.55. The Morgan fingerprint density at radius 1 is 1.16 bits per heavy atom. The number of nitrogens with zero attached hydrogens (tertiary/aromatic N) is 4. The molecule has 0 aliphatic heterocycles. The van der Waals surface area contributed by atoms with Gasteiger partial charge < -0.3 is 9.88 Å². The Morgan fingerprint density at radius 2 is 1.97 bits per heavy atom. The monoisotopic (exact) mass is 435 g/mol. The molecule has 4 aromatic rings. The number of aryl methyl sites for hydroxylation is 2. The minimum Gasteiger partial charge on any atom is -0.349 e. The van der Waals surface area contributed by atoms with Crippen LogP contribution in [0.15, 0.2) is 60.1 Å². The quantitative estimate of drug-likeness (QED) is 0.520. The van der Waals surface area contributed by atoms with Crippen LogP contribution in [-0.2, 0) is 17.1 Å². The first kappa shape index (κ1) is 19.5. The summed E-state index contributed by atoms with van der Waals surface area (Å²) in [6.07, 6.45) is 6.47. The van der Waals surface area contributed by atoms with Gasteiger partial charge in [0, 0.05) is 30.2 Å². The van der Waals surface area contributed by atoms with E-state index in [1.807, 2.05) is 37.3 Å². The summed E-state index contributed by atoms with van der Waals surface area (Å²) in [5.74, 6) is -0.0703. The molecule has 0 radical (unpaired) electrons. The normalized spacial score (nSPS) is 14.1. The molecule has 2 aromatic heterocycles. The van der Waals surface area contributed by atoms with Crippen molar-refractivity contribution in [2.24, 2.45) is 7.05 Å². The molecular formula is C22H21N5O3S. The predicted octanol–water partition coefficient (Wildman–Crippen LogP) is 2.87. The number of fused-ring (bicyclic) bond motifs is 1. The summed E-state index contributed by atoms with van der Waals surface area (Å²) in [5.41, 5.74) is 3.91. The van der Waals surface area contributed by atoms with E-state index in [4.69, 9.17) is 0 Å². The van der Waals surface area contributed by atoms with Gasteiger partial charge in [0.25, 0.3) is 5.91 Å². The highest BCUT2D eigenvalue weighted by Crippen LogP contribution is 2.29. The van der Waals surface area contributed by atoms with E-state index in [9.17, 15) is 13.2 Å². The minimum atomic E-state index is -3.89. The number of hydrogen-bond acceptors (Lipinski definition) is 5. The standard InChI is InChI=1S/C22H21N5O3S/c1-14-3-4-16(22(28)25-18-6-7-18)10-19(14)15-5-8-20-17(9-15)11-24-27(20)31(29,30)21-12-26(2)13-23-21/h3-5,8-13,18H,6-7H2,1-2H3,(H,25,28). The predicted molar refractivity (Wildman–Crippen MR) is 116 cm³/mol. The Hall–Kier alpha value is -3.46. The van der Waals surface area contributed by atoms with Crippen LogP contribution < -0.4 is 5.32 Å². The average Bonchev–Trinajstić information content (AvgIpc) is 3.26. The van der Waals surface area contributed by atoms with Crippen molar-refractivity contribution >= 4 is 26.8 Å². The largest absolute Gasteiger partial charge is 0.349 e. The number of imidazole rings is 1. The Bertz CT molecular complexity index is 1430. The Balaban J connectivity index is 1.54. The van der Waals surface area contributed by atoms with Crippen LogP contribution in [0.4, 0.5) is 0 Å². The molecule has 1 aliphatic rings. The molecule has 2 heterocycles. The number of rotatable bonds is 5. The van der Waals surface area contributed by atoms with Crippen LogP contribution in [0.1, 0.15) is 28.8 Å². The molecule has 0 bridgehead atoms. The van der Waals surface area contributed by atoms with E-state index in [0.717, 1.165) is 33.6 Å². The molecule has 1 amide bonds. The third kappa shape index (κ3) is 3.50. The van der Waals surface area contributed by atoms with Gasteiger partial charge in [0.2, 0.25) is 0 Å². The number of benzene rings is 2. The van der Waals surface area contributed by atoms with Gasteiger partial charge in [0.05, 0.1) is 18.0 Å². The van der Waals surface area contributed by atoms with Gasteiger partial charge in [-0.15, -0.1) is 0 Å². The number of aromatic nitrogens is 4. The highest BCUT2D eigenvalue weighted by molar-refractivity contribution is 7.89. The van der Waals surface area contributed by atoms with E-state index in [1.54, 1.807) is 17.7 Å². The molecule has 1 fully saturated rings. The lowest BCUT2D eigenvalue weighted by Gasteiger charge is -2.10. The van der Waals surface area contributed by atoms with Crippen LogP contribution in [0, 0.1) is 6.92 Å². The van der Waals surface area contributed by atoms with Gasteiger partial charge in [-0.05, 0) is 60.7 Å². The van der Waals surface area contributed by atoms with Crippen LogP contribution in [0.5, 0.6) is 0 Å². The third-order valence-electron chi connectivity index (χ3n) is 5.43. The topological polar surface area (TPSA) is 98.9 Å². The molecule has 5 rings (SSSR count). The first-order valence-corrected chi connectivity index (χ1v) is 11.4. The maximum absolute atomic E-state index is 12.9. The Kier molecular flexibility index (Phi) is 4.44. The van der Waals surface area contributed by atoms with Crippen LogP contribution in [0.25, 0.3) is 22.0 Å². The molecule has 0 saturated heterocycles. The van der Waals surface area contributed by atoms with Gasteiger partial charge in [-0.3, -0.25) is 4.79 Å². The summed E-state index contributed by atoms with van der Waals surface area (Å²) in [6, 6.07) is 11.4. The van der Waals surface area contributed by atoms with Gasteiger partial charge in [0.15, 0.2) is 5.03 Å². The summed E-state index contributed by atoms with van der Waals surface area (Å²) in [4.78, 5) is 16.4. The molecule has 0 atom stereocenters. The van der Waals surface area contributed by atoms with Gasteiger partial charge >= 0.3 is 10.0 Å². The van der Waals surface area contributed by atoms with Crippen LogP contribution in [0.2, 0.25) is 0 Å². The van der Waals surface area contributed by atoms with Gasteiger partial charge in [-0.25, -0.2) is 4.98 Å². The molecule has 2 aromatic carbocycles. The van der Waals surface area contributed by atoms with E-state index in [2.05, 4.69) is 15.4 Å². The zero-order valence-electron chi connectivity index (χ0n) is 17.1. The van der Waals surface area contributed by atoms with Crippen molar-refractivity contribution in [1.82, 2.24) is 24.1 Å². The van der Waals surface area contributed by atoms with Crippen molar-refractivity contribution in [1.29, 1.82) is 0 Å². The van der Waals surface area contributed by atoms with Gasteiger partial charge in [0.1, 0.15) is 0 Å². The van der Waals surface area contributed by atoms with E-state index in [1.165, 1.54) is 18.7 Å². The molecule has 8 nitrogen and oxygen atoms in total. The molecular weight excluding hydrogens is 414 g/mol. The van der Waals surface area contributed by atoms with E-state index in [0.29, 0.717) is 22.5 Å². The van der Waals surface area contributed by atoms with Crippen molar-refractivity contribution in [2.75, 3.05) is 0 Å². The average molecular weight is 436 g/mol. The highest BCUT2D eigenvalue weighted by Gasteiger charge is 2.25. The molecule has 0 spiro atoms. The number of amides is 1. The van der Waals surface area contributed by atoms with E-state index in [-0.39, 0.29) is 10.9 Å². The van der Waals surface area contributed by atoms with Crippen LogP contribution in [-0.4, -0.2) is 39.1 Å². The summed E-state index contributed by atoms with van der Waals surface area (Å²) in [6.45, 7) is 1.98. The number of carbonyl (C=O) groups is 1.